The molecular formula is C20H17FN4O4S. The predicted molar refractivity (Wildman–Crippen MR) is 109 cm³/mol. The van der Waals surface area contributed by atoms with E-state index in [9.17, 15) is 9.18 Å². The molecule has 0 aliphatic carbocycles. The number of pyridine rings is 1. The van der Waals surface area contributed by atoms with Gasteiger partial charge in [0.2, 0.25) is 5.88 Å². The van der Waals surface area contributed by atoms with E-state index in [1.54, 1.807) is 6.92 Å². The molecule has 4 rings (SSSR count). The average Bonchev–Trinajstić information content (AvgIpc) is 3.13. The van der Waals surface area contributed by atoms with Gasteiger partial charge < -0.3 is 14.2 Å². The van der Waals surface area contributed by atoms with Crippen molar-refractivity contribution in [3.8, 4) is 22.3 Å². The van der Waals surface area contributed by atoms with Crippen LogP contribution in [0.5, 0.6) is 11.8 Å². The fraction of sp³-hybridized carbons (Fsp3) is 0.250. The minimum atomic E-state index is -0.706. The number of halogens is 1. The summed E-state index contributed by atoms with van der Waals surface area (Å²) in [5.41, 5.74) is 3.43. The number of hydrogen-bond acceptors (Lipinski definition) is 9. The van der Waals surface area contributed by atoms with Gasteiger partial charge in [-0.15, -0.1) is 0 Å². The third-order valence-electron chi connectivity index (χ3n) is 4.15. The first-order chi connectivity index (χ1) is 14.5. The van der Waals surface area contributed by atoms with Crippen molar-refractivity contribution in [3.63, 3.8) is 0 Å². The van der Waals surface area contributed by atoms with Gasteiger partial charge in [-0.2, -0.15) is 4.98 Å². The third-order valence-corrected chi connectivity index (χ3v) is 5.14. The number of benzene rings is 1. The van der Waals surface area contributed by atoms with E-state index in [1.807, 2.05) is 19.1 Å². The number of ether oxygens (including phenoxy) is 3. The Kier molecular flexibility index (Phi) is 5.40. The maximum Gasteiger partial charge on any atom is 0.344 e. The molecule has 30 heavy (non-hydrogen) atoms. The quantitative estimate of drug-likeness (QED) is 0.429. The highest BCUT2D eigenvalue weighted by molar-refractivity contribution is 7.21. The summed E-state index contributed by atoms with van der Waals surface area (Å²) < 4.78 is 29.5. The van der Waals surface area contributed by atoms with Gasteiger partial charge in [0.05, 0.1) is 30.9 Å². The van der Waals surface area contributed by atoms with Gasteiger partial charge in [0.15, 0.2) is 12.4 Å². The van der Waals surface area contributed by atoms with E-state index in [0.717, 1.165) is 11.1 Å². The molecule has 0 amide bonds. The first-order valence-corrected chi connectivity index (χ1v) is 9.87. The number of methoxy groups -OCH3 is 1. The number of carbonyl (C=O) groups is 1. The lowest BCUT2D eigenvalue weighted by molar-refractivity contribution is -0.145. The highest BCUT2D eigenvalue weighted by Gasteiger charge is 2.17. The number of hydrogen-bond donors (Lipinski definition) is 0. The van der Waals surface area contributed by atoms with Crippen molar-refractivity contribution in [2.24, 2.45) is 0 Å². The van der Waals surface area contributed by atoms with Gasteiger partial charge in [-0.3, -0.25) is 0 Å². The molecule has 0 bridgehead atoms. The standard InChI is InChI=1S/C20H17FN4O4S/c1-4-28-16(26)9-29-18-12(21)7-14-20(25-18)30-19(24-14)11-5-10(2)6-13-17(11)22-8-15(23-13)27-3/h5-8H,4,9H2,1-3H3. The van der Waals surface area contributed by atoms with Gasteiger partial charge in [-0.05, 0) is 31.5 Å². The number of thiazole rings is 1. The van der Waals surface area contributed by atoms with E-state index in [-0.39, 0.29) is 12.5 Å². The Balaban J connectivity index is 1.74. The van der Waals surface area contributed by atoms with Crippen LogP contribution >= 0.6 is 11.3 Å². The van der Waals surface area contributed by atoms with Crippen molar-refractivity contribution in [2.45, 2.75) is 13.8 Å². The van der Waals surface area contributed by atoms with E-state index in [0.29, 0.717) is 32.3 Å². The summed E-state index contributed by atoms with van der Waals surface area (Å²) in [7, 11) is 1.53. The van der Waals surface area contributed by atoms with Crippen LogP contribution in [0.4, 0.5) is 4.39 Å². The van der Waals surface area contributed by atoms with E-state index < -0.39 is 18.4 Å². The fourth-order valence-electron chi connectivity index (χ4n) is 2.88. The Bertz CT molecular complexity index is 1260. The summed E-state index contributed by atoms with van der Waals surface area (Å²) in [4.78, 5) is 29.5. The number of fused-ring (bicyclic) bond motifs is 2. The van der Waals surface area contributed by atoms with E-state index in [4.69, 9.17) is 14.2 Å². The Morgan fingerprint density at radius 3 is 2.77 bits per heavy atom. The minimum Gasteiger partial charge on any atom is -0.480 e. The molecular weight excluding hydrogens is 411 g/mol. The molecule has 0 atom stereocenters. The van der Waals surface area contributed by atoms with Crippen LogP contribution in [0.15, 0.2) is 24.4 Å². The Morgan fingerprint density at radius 1 is 1.17 bits per heavy atom. The molecule has 3 aromatic heterocycles. The molecule has 8 nitrogen and oxygen atoms in total. The first kappa shape index (κ1) is 19.9. The van der Waals surface area contributed by atoms with Crippen LogP contribution in [-0.2, 0) is 9.53 Å². The lowest BCUT2D eigenvalue weighted by Gasteiger charge is -2.06. The zero-order valence-corrected chi connectivity index (χ0v) is 17.2. The molecule has 4 aromatic rings. The van der Waals surface area contributed by atoms with Crippen LogP contribution in [0.3, 0.4) is 0 Å². The summed E-state index contributed by atoms with van der Waals surface area (Å²) >= 11 is 1.27. The Labute approximate surface area is 174 Å². The first-order valence-electron chi connectivity index (χ1n) is 9.05. The normalized spacial score (nSPS) is 11.1. The van der Waals surface area contributed by atoms with Crippen LogP contribution in [0.2, 0.25) is 0 Å². The zero-order chi connectivity index (χ0) is 21.3. The van der Waals surface area contributed by atoms with Gasteiger partial charge in [0.1, 0.15) is 15.4 Å². The molecule has 0 saturated carbocycles. The average molecular weight is 428 g/mol. The highest BCUT2D eigenvalue weighted by Crippen LogP contribution is 2.35. The molecule has 0 aliphatic rings. The van der Waals surface area contributed by atoms with E-state index in [1.165, 1.54) is 30.7 Å². The lowest BCUT2D eigenvalue weighted by atomic mass is 10.1. The molecule has 154 valence electrons. The van der Waals surface area contributed by atoms with Gasteiger partial charge >= 0.3 is 5.97 Å². The molecule has 10 heteroatoms. The summed E-state index contributed by atoms with van der Waals surface area (Å²) in [6.45, 7) is 3.41. The number of aromatic nitrogens is 4. The van der Waals surface area contributed by atoms with Crippen LogP contribution in [0.25, 0.3) is 32.0 Å². The molecule has 0 N–H and O–H groups in total. The summed E-state index contributed by atoms with van der Waals surface area (Å²) in [5, 5.41) is 0.618. The molecule has 0 aliphatic heterocycles. The number of carbonyl (C=O) groups excluding carboxylic acids is 1. The second-order valence-corrected chi connectivity index (χ2v) is 7.28. The minimum absolute atomic E-state index is 0.217. The van der Waals surface area contributed by atoms with Crippen molar-refractivity contribution >= 4 is 38.7 Å². The van der Waals surface area contributed by atoms with Crippen molar-refractivity contribution in [3.05, 3.63) is 35.8 Å². The maximum absolute atomic E-state index is 14.4. The summed E-state index contributed by atoms with van der Waals surface area (Å²) in [6, 6.07) is 5.08. The highest BCUT2D eigenvalue weighted by atomic mass is 32.1. The monoisotopic (exact) mass is 428 g/mol. The van der Waals surface area contributed by atoms with E-state index >= 15 is 0 Å². The fourth-order valence-corrected chi connectivity index (χ4v) is 3.81. The molecule has 1 aromatic carbocycles. The van der Waals surface area contributed by atoms with Gasteiger partial charge in [-0.1, -0.05) is 11.3 Å². The van der Waals surface area contributed by atoms with Crippen LogP contribution < -0.4 is 9.47 Å². The number of aryl methyl sites for hydroxylation is 1. The van der Waals surface area contributed by atoms with Crippen molar-refractivity contribution in [2.75, 3.05) is 20.3 Å². The lowest BCUT2D eigenvalue weighted by Crippen LogP contribution is -2.15. The Morgan fingerprint density at radius 2 is 2.00 bits per heavy atom. The molecule has 0 unspecified atom stereocenters. The smallest absolute Gasteiger partial charge is 0.344 e. The topological polar surface area (TPSA) is 96.3 Å². The molecule has 0 saturated heterocycles. The van der Waals surface area contributed by atoms with Gasteiger partial charge in [0.25, 0.3) is 5.88 Å². The van der Waals surface area contributed by atoms with Crippen molar-refractivity contribution in [1.29, 1.82) is 0 Å². The molecule has 0 fully saturated rings. The third kappa shape index (κ3) is 3.86. The zero-order valence-electron chi connectivity index (χ0n) is 16.4. The number of rotatable bonds is 6. The molecule has 0 radical (unpaired) electrons. The maximum atomic E-state index is 14.4. The second-order valence-electron chi connectivity index (χ2n) is 6.30. The summed E-state index contributed by atoms with van der Waals surface area (Å²) in [6.07, 6.45) is 1.54. The SMILES string of the molecule is CCOC(=O)COc1nc2sc(-c3cc(C)cc4nc(OC)cnc34)nc2cc1F. The second kappa shape index (κ2) is 8.15. The number of esters is 1. The van der Waals surface area contributed by atoms with Crippen molar-refractivity contribution < 1.29 is 23.4 Å². The predicted octanol–water partition coefficient (Wildman–Crippen LogP) is 3.70. The van der Waals surface area contributed by atoms with E-state index in [2.05, 4.69) is 19.9 Å². The van der Waals surface area contributed by atoms with Crippen LogP contribution in [0.1, 0.15) is 12.5 Å². The Hall–Kier alpha value is -3.40. The van der Waals surface area contributed by atoms with Gasteiger partial charge in [0, 0.05) is 11.6 Å². The molecule has 3 heterocycles. The molecule has 0 spiro atoms. The van der Waals surface area contributed by atoms with Gasteiger partial charge in [-0.25, -0.2) is 24.1 Å². The van der Waals surface area contributed by atoms with Crippen LogP contribution in [-0.4, -0.2) is 46.2 Å². The van der Waals surface area contributed by atoms with Crippen LogP contribution in [0, 0.1) is 12.7 Å². The number of nitrogens with zero attached hydrogens (tertiary/aromatic N) is 4. The summed E-state index contributed by atoms with van der Waals surface area (Å²) in [5.74, 6) is -1.16. The largest absolute Gasteiger partial charge is 0.480 e. The van der Waals surface area contributed by atoms with Crippen molar-refractivity contribution in [1.82, 2.24) is 19.9 Å².